The van der Waals surface area contributed by atoms with E-state index < -0.39 is 0 Å². The van der Waals surface area contributed by atoms with E-state index in [0.717, 1.165) is 0 Å². The van der Waals surface area contributed by atoms with Crippen LogP contribution in [-0.4, -0.2) is 20.1 Å². The van der Waals surface area contributed by atoms with Gasteiger partial charge in [-0.25, -0.2) is 0 Å². The zero-order valence-corrected chi connectivity index (χ0v) is 15.6. The Morgan fingerprint density at radius 1 is 1.00 bits per heavy atom. The summed E-state index contributed by atoms with van der Waals surface area (Å²) in [6, 6.07) is 15.4. The van der Waals surface area contributed by atoms with Crippen molar-refractivity contribution in [2.45, 2.75) is 6.61 Å². The highest BCUT2D eigenvalue weighted by Crippen LogP contribution is 2.26. The van der Waals surface area contributed by atoms with E-state index in [9.17, 15) is 4.79 Å². The van der Waals surface area contributed by atoms with Crippen LogP contribution in [0.4, 0.5) is 5.69 Å². The van der Waals surface area contributed by atoms with Crippen molar-refractivity contribution in [3.05, 3.63) is 71.1 Å². The molecule has 1 N–H and O–H groups in total. The Bertz CT molecular complexity index is 915. The lowest BCUT2D eigenvalue weighted by atomic mass is 10.2. The van der Waals surface area contributed by atoms with Crippen LogP contribution in [0.2, 0.25) is 5.02 Å². The molecule has 140 valence electrons. The summed E-state index contributed by atoms with van der Waals surface area (Å²) in [6.07, 6.45) is 0. The van der Waals surface area contributed by atoms with Crippen LogP contribution in [0.1, 0.15) is 16.3 Å². The van der Waals surface area contributed by atoms with Crippen molar-refractivity contribution in [3.8, 4) is 17.2 Å². The van der Waals surface area contributed by atoms with Crippen LogP contribution in [0.15, 0.2) is 59.0 Å². The Kier molecular flexibility index (Phi) is 5.88. The third kappa shape index (κ3) is 4.95. The van der Waals surface area contributed by atoms with Gasteiger partial charge in [-0.2, -0.15) is 0 Å². The molecule has 0 aliphatic carbocycles. The van der Waals surface area contributed by atoms with Crippen molar-refractivity contribution in [2.75, 3.05) is 19.5 Å². The largest absolute Gasteiger partial charge is 0.497 e. The van der Waals surface area contributed by atoms with Gasteiger partial charge in [0, 0.05) is 28.9 Å². The van der Waals surface area contributed by atoms with Gasteiger partial charge in [-0.1, -0.05) is 17.7 Å². The van der Waals surface area contributed by atoms with Gasteiger partial charge in [0.2, 0.25) is 0 Å². The highest BCUT2D eigenvalue weighted by atomic mass is 35.5. The molecular weight excluding hydrogens is 370 g/mol. The lowest BCUT2D eigenvalue weighted by Crippen LogP contribution is -2.11. The quantitative estimate of drug-likeness (QED) is 0.631. The molecule has 7 heteroatoms. The molecule has 3 aromatic rings. The number of hydrogen-bond acceptors (Lipinski definition) is 5. The van der Waals surface area contributed by atoms with Crippen LogP contribution in [0.3, 0.4) is 0 Å². The number of ether oxygens (including phenoxy) is 3. The smallest absolute Gasteiger partial charge is 0.291 e. The van der Waals surface area contributed by atoms with E-state index in [2.05, 4.69) is 5.32 Å². The fraction of sp³-hybridized carbons (Fsp3) is 0.150. The van der Waals surface area contributed by atoms with Crippen LogP contribution in [-0.2, 0) is 6.61 Å². The monoisotopic (exact) mass is 387 g/mol. The number of nitrogens with one attached hydrogen (secondary N) is 1. The molecule has 3 rings (SSSR count). The maximum atomic E-state index is 12.4. The van der Waals surface area contributed by atoms with E-state index in [4.69, 9.17) is 30.2 Å². The Balaban J connectivity index is 1.64. The normalized spacial score (nSPS) is 10.3. The fourth-order valence-corrected chi connectivity index (χ4v) is 2.54. The third-order valence-electron chi connectivity index (χ3n) is 3.67. The van der Waals surface area contributed by atoms with Crippen LogP contribution in [0.25, 0.3) is 0 Å². The molecule has 0 spiro atoms. The minimum Gasteiger partial charge on any atom is -0.497 e. The molecule has 27 heavy (non-hydrogen) atoms. The second-order valence-electron chi connectivity index (χ2n) is 5.57. The molecule has 6 nitrogen and oxygen atoms in total. The van der Waals surface area contributed by atoms with Crippen LogP contribution in [0, 0.1) is 0 Å². The minimum absolute atomic E-state index is 0.168. The first-order valence-corrected chi connectivity index (χ1v) is 8.46. The van der Waals surface area contributed by atoms with Gasteiger partial charge < -0.3 is 23.9 Å². The van der Waals surface area contributed by atoms with E-state index in [1.165, 1.54) is 0 Å². The zero-order valence-electron chi connectivity index (χ0n) is 14.8. The van der Waals surface area contributed by atoms with E-state index in [0.29, 0.717) is 33.7 Å². The van der Waals surface area contributed by atoms with Gasteiger partial charge in [0.1, 0.15) is 29.6 Å². The molecule has 1 heterocycles. The number of rotatable bonds is 7. The van der Waals surface area contributed by atoms with Gasteiger partial charge in [0.15, 0.2) is 5.76 Å². The number of furan rings is 1. The second kappa shape index (κ2) is 8.51. The lowest BCUT2D eigenvalue weighted by Gasteiger charge is -2.09. The van der Waals surface area contributed by atoms with Crippen molar-refractivity contribution in [1.82, 2.24) is 0 Å². The number of amides is 1. The zero-order chi connectivity index (χ0) is 19.2. The number of anilines is 1. The second-order valence-corrected chi connectivity index (χ2v) is 6.00. The van der Waals surface area contributed by atoms with E-state index in [1.54, 1.807) is 68.8 Å². The summed E-state index contributed by atoms with van der Waals surface area (Å²) in [5.74, 6) is 2.05. The fourth-order valence-electron chi connectivity index (χ4n) is 2.36. The van der Waals surface area contributed by atoms with E-state index in [-0.39, 0.29) is 18.3 Å². The maximum Gasteiger partial charge on any atom is 0.291 e. The molecular formula is C20H18ClNO5. The summed E-state index contributed by atoms with van der Waals surface area (Å²) in [7, 11) is 3.08. The third-order valence-corrected chi connectivity index (χ3v) is 3.91. The molecule has 0 saturated carbocycles. The number of hydrogen-bond donors (Lipinski definition) is 1. The Morgan fingerprint density at radius 3 is 2.41 bits per heavy atom. The predicted molar refractivity (Wildman–Crippen MR) is 102 cm³/mol. The topological polar surface area (TPSA) is 69.9 Å². The Labute approximate surface area is 161 Å². The molecule has 1 aromatic heterocycles. The van der Waals surface area contributed by atoms with Crippen molar-refractivity contribution in [1.29, 1.82) is 0 Å². The highest BCUT2D eigenvalue weighted by molar-refractivity contribution is 6.30. The summed E-state index contributed by atoms with van der Waals surface area (Å²) < 4.78 is 21.5. The molecule has 1 amide bonds. The summed E-state index contributed by atoms with van der Waals surface area (Å²) >= 11 is 5.92. The molecule has 0 bridgehead atoms. The lowest BCUT2D eigenvalue weighted by molar-refractivity contribution is 0.0992. The van der Waals surface area contributed by atoms with Gasteiger partial charge in [-0.3, -0.25) is 4.79 Å². The first-order valence-electron chi connectivity index (χ1n) is 8.09. The molecule has 0 atom stereocenters. The molecule has 0 saturated heterocycles. The van der Waals surface area contributed by atoms with Crippen LogP contribution < -0.4 is 19.5 Å². The summed E-state index contributed by atoms with van der Waals surface area (Å²) in [4.78, 5) is 12.4. The average molecular weight is 388 g/mol. The predicted octanol–water partition coefficient (Wildman–Crippen LogP) is 4.78. The SMILES string of the molecule is COc1cc(NC(=O)c2ccc(COc3cccc(Cl)c3)o2)cc(OC)c1. The molecule has 0 unspecified atom stereocenters. The van der Waals surface area contributed by atoms with Gasteiger partial charge in [0.25, 0.3) is 5.91 Å². The average Bonchev–Trinajstić information content (AvgIpc) is 3.15. The van der Waals surface area contributed by atoms with Crippen molar-refractivity contribution < 1.29 is 23.4 Å². The summed E-state index contributed by atoms with van der Waals surface area (Å²) in [5.41, 5.74) is 0.532. The van der Waals surface area contributed by atoms with Gasteiger partial charge in [0.05, 0.1) is 14.2 Å². The van der Waals surface area contributed by atoms with Crippen molar-refractivity contribution in [2.24, 2.45) is 0 Å². The minimum atomic E-state index is -0.390. The number of benzene rings is 2. The van der Waals surface area contributed by atoms with Crippen molar-refractivity contribution >= 4 is 23.2 Å². The van der Waals surface area contributed by atoms with Crippen molar-refractivity contribution in [3.63, 3.8) is 0 Å². The van der Waals surface area contributed by atoms with Crippen LogP contribution in [0.5, 0.6) is 17.2 Å². The first kappa shape index (κ1) is 18.7. The maximum absolute atomic E-state index is 12.4. The summed E-state index contributed by atoms with van der Waals surface area (Å²) in [5, 5.41) is 3.34. The van der Waals surface area contributed by atoms with Crippen LogP contribution >= 0.6 is 11.6 Å². The molecule has 0 aliphatic rings. The van der Waals surface area contributed by atoms with Gasteiger partial charge >= 0.3 is 0 Å². The Morgan fingerprint density at radius 2 is 1.74 bits per heavy atom. The molecule has 0 radical (unpaired) electrons. The molecule has 0 fully saturated rings. The molecule has 2 aromatic carbocycles. The highest BCUT2D eigenvalue weighted by Gasteiger charge is 2.13. The number of methoxy groups -OCH3 is 2. The summed E-state index contributed by atoms with van der Waals surface area (Å²) in [6.45, 7) is 0.181. The number of halogens is 1. The van der Waals surface area contributed by atoms with Gasteiger partial charge in [-0.05, 0) is 30.3 Å². The number of carbonyl (C=O) groups excluding carboxylic acids is 1. The standard InChI is InChI=1S/C20H18ClNO5/c1-24-17-9-14(10-18(11-17)25-2)22-20(23)19-7-6-16(27-19)12-26-15-5-3-4-13(21)8-15/h3-11H,12H2,1-2H3,(H,22,23). The van der Waals surface area contributed by atoms with E-state index >= 15 is 0 Å². The first-order chi connectivity index (χ1) is 13.1. The number of carbonyl (C=O) groups is 1. The van der Waals surface area contributed by atoms with Gasteiger partial charge in [-0.15, -0.1) is 0 Å². The molecule has 0 aliphatic heterocycles. The van der Waals surface area contributed by atoms with E-state index in [1.807, 2.05) is 0 Å². The Hall–Kier alpha value is -3.12.